The molecule has 1 aromatic carbocycles. The van der Waals surface area contributed by atoms with Crippen molar-refractivity contribution in [1.29, 1.82) is 0 Å². The van der Waals surface area contributed by atoms with E-state index in [1.165, 1.54) is 0 Å². The predicted octanol–water partition coefficient (Wildman–Crippen LogP) is 4.45. The minimum atomic E-state index is 0.476. The lowest BCUT2D eigenvalue weighted by Crippen LogP contribution is -2.02. The molecule has 6 heteroatoms. The highest BCUT2D eigenvalue weighted by molar-refractivity contribution is 5.75. The highest BCUT2D eigenvalue weighted by Crippen LogP contribution is 2.23. The van der Waals surface area contributed by atoms with Gasteiger partial charge in [-0.25, -0.2) is 9.97 Å². The molecule has 0 N–H and O–H groups in total. The Labute approximate surface area is 140 Å². The van der Waals surface area contributed by atoms with Crippen LogP contribution in [0.15, 0.2) is 35.4 Å². The third kappa shape index (κ3) is 2.96. The third-order valence-corrected chi connectivity index (χ3v) is 4.22. The van der Waals surface area contributed by atoms with Crippen molar-refractivity contribution in [3.05, 3.63) is 63.4 Å². The molecule has 0 aliphatic heterocycles. The Hall–Kier alpha value is -2.85. The number of rotatable bonds is 5. The number of imidazole rings is 1. The zero-order valence-electron chi connectivity index (χ0n) is 14.2. The smallest absolute Gasteiger partial charge is 0.164 e. The third-order valence-electron chi connectivity index (χ3n) is 4.22. The van der Waals surface area contributed by atoms with Crippen LogP contribution >= 0.6 is 0 Å². The van der Waals surface area contributed by atoms with Crippen molar-refractivity contribution >= 4 is 11.2 Å². The first-order valence-electron chi connectivity index (χ1n) is 8.09. The molecule has 6 nitrogen and oxygen atoms in total. The molecule has 0 spiro atoms. The Morgan fingerprint density at radius 2 is 1.92 bits per heavy atom. The van der Waals surface area contributed by atoms with E-state index in [9.17, 15) is 0 Å². The second kappa shape index (κ2) is 6.72. The fraction of sp³-hybridized carbons (Fsp3) is 0.333. The summed E-state index contributed by atoms with van der Waals surface area (Å²) < 4.78 is 2.12. The molecular weight excluding hydrogens is 300 g/mol. The number of aryl methyl sites for hydroxylation is 3. The van der Waals surface area contributed by atoms with E-state index in [4.69, 9.17) is 15.5 Å². The molecule has 0 bridgehead atoms. The van der Waals surface area contributed by atoms with Crippen LogP contribution in [0.25, 0.3) is 27.3 Å². The zero-order chi connectivity index (χ0) is 17.1. The number of pyridine rings is 1. The SMILES string of the molecule is CCc1nc2cc(C)c(C)nc2n1-c1ccc(CCN=[N+]=[N-])cc1. The summed E-state index contributed by atoms with van der Waals surface area (Å²) in [5.41, 5.74) is 14.6. The summed E-state index contributed by atoms with van der Waals surface area (Å²) in [6.45, 7) is 6.66. The standard InChI is InChI=1S/C18H20N6/c1-4-17-22-16-11-12(2)13(3)21-18(16)24(17)15-7-5-14(6-8-15)9-10-20-23-19/h5-8,11H,4,9-10H2,1-3H3. The molecule has 122 valence electrons. The van der Waals surface area contributed by atoms with Gasteiger partial charge < -0.3 is 0 Å². The van der Waals surface area contributed by atoms with Gasteiger partial charge in [-0.2, -0.15) is 0 Å². The fourth-order valence-corrected chi connectivity index (χ4v) is 2.78. The van der Waals surface area contributed by atoms with Crippen LogP contribution in [0.4, 0.5) is 0 Å². The summed E-state index contributed by atoms with van der Waals surface area (Å²) in [5.74, 6) is 1.00. The highest BCUT2D eigenvalue weighted by Gasteiger charge is 2.13. The lowest BCUT2D eigenvalue weighted by molar-refractivity contribution is 0.897. The second-order valence-corrected chi connectivity index (χ2v) is 5.82. The van der Waals surface area contributed by atoms with Crippen LogP contribution in [0.1, 0.15) is 29.6 Å². The van der Waals surface area contributed by atoms with Crippen LogP contribution in [0, 0.1) is 13.8 Å². The summed E-state index contributed by atoms with van der Waals surface area (Å²) in [7, 11) is 0. The number of fused-ring (bicyclic) bond motifs is 1. The Morgan fingerprint density at radius 3 is 2.58 bits per heavy atom. The van der Waals surface area contributed by atoms with Gasteiger partial charge in [0.05, 0.1) is 0 Å². The summed E-state index contributed by atoms with van der Waals surface area (Å²) in [6, 6.07) is 10.4. The number of hydrogen-bond donors (Lipinski definition) is 0. The molecule has 2 heterocycles. The van der Waals surface area contributed by atoms with Gasteiger partial charge in [0.15, 0.2) is 5.65 Å². The molecule has 0 fully saturated rings. The van der Waals surface area contributed by atoms with E-state index in [0.29, 0.717) is 6.54 Å². The molecule has 0 radical (unpaired) electrons. The van der Waals surface area contributed by atoms with Gasteiger partial charge in [0.2, 0.25) is 0 Å². The van der Waals surface area contributed by atoms with E-state index in [1.807, 2.05) is 6.92 Å². The maximum Gasteiger partial charge on any atom is 0.164 e. The highest BCUT2D eigenvalue weighted by atomic mass is 15.1. The van der Waals surface area contributed by atoms with Crippen LogP contribution in [0.5, 0.6) is 0 Å². The molecule has 0 saturated carbocycles. The molecule has 0 aliphatic carbocycles. The lowest BCUT2D eigenvalue weighted by atomic mass is 10.1. The predicted molar refractivity (Wildman–Crippen MR) is 95.4 cm³/mol. The molecule has 3 rings (SSSR count). The second-order valence-electron chi connectivity index (χ2n) is 5.82. The molecule has 0 atom stereocenters. The van der Waals surface area contributed by atoms with Crippen molar-refractivity contribution in [1.82, 2.24) is 14.5 Å². The normalized spacial score (nSPS) is 10.8. The van der Waals surface area contributed by atoms with Gasteiger partial charge in [-0.15, -0.1) is 0 Å². The minimum absolute atomic E-state index is 0.476. The van der Waals surface area contributed by atoms with Crippen LogP contribution in [0.3, 0.4) is 0 Å². The largest absolute Gasteiger partial charge is 0.281 e. The van der Waals surface area contributed by atoms with E-state index < -0.39 is 0 Å². The average molecular weight is 320 g/mol. The Morgan fingerprint density at radius 1 is 1.17 bits per heavy atom. The van der Waals surface area contributed by atoms with Gasteiger partial charge in [-0.3, -0.25) is 4.57 Å². The monoisotopic (exact) mass is 320 g/mol. The van der Waals surface area contributed by atoms with E-state index in [0.717, 1.165) is 52.3 Å². The number of nitrogens with zero attached hydrogens (tertiary/aromatic N) is 6. The first kappa shape index (κ1) is 16.0. The van der Waals surface area contributed by atoms with Gasteiger partial charge in [0.1, 0.15) is 11.3 Å². The maximum atomic E-state index is 8.35. The molecule has 0 unspecified atom stereocenters. The molecule has 3 aromatic rings. The summed E-state index contributed by atoms with van der Waals surface area (Å²) in [5, 5.41) is 3.58. The van der Waals surface area contributed by atoms with E-state index in [1.54, 1.807) is 0 Å². The summed E-state index contributed by atoms with van der Waals surface area (Å²) in [6.07, 6.45) is 1.58. The van der Waals surface area contributed by atoms with E-state index in [-0.39, 0.29) is 0 Å². The van der Waals surface area contributed by atoms with Crippen LogP contribution in [0.2, 0.25) is 0 Å². The minimum Gasteiger partial charge on any atom is -0.281 e. The van der Waals surface area contributed by atoms with Crippen molar-refractivity contribution in [2.24, 2.45) is 5.11 Å². The Balaban J connectivity index is 2.04. The number of benzene rings is 1. The number of azide groups is 1. The Bertz CT molecular complexity index is 917. The van der Waals surface area contributed by atoms with Crippen molar-refractivity contribution < 1.29 is 0 Å². The van der Waals surface area contributed by atoms with Gasteiger partial charge in [0.25, 0.3) is 0 Å². The molecule has 0 amide bonds. The number of hydrogen-bond acceptors (Lipinski definition) is 3. The maximum absolute atomic E-state index is 8.35. The molecule has 0 aliphatic rings. The summed E-state index contributed by atoms with van der Waals surface area (Å²) in [4.78, 5) is 12.3. The van der Waals surface area contributed by atoms with Crippen molar-refractivity contribution in [2.45, 2.75) is 33.6 Å². The first-order valence-corrected chi connectivity index (χ1v) is 8.09. The van der Waals surface area contributed by atoms with Crippen LogP contribution in [-0.4, -0.2) is 21.1 Å². The van der Waals surface area contributed by atoms with Crippen LogP contribution in [-0.2, 0) is 12.8 Å². The average Bonchev–Trinajstić information content (AvgIpc) is 2.93. The van der Waals surface area contributed by atoms with Gasteiger partial charge in [-0.1, -0.05) is 24.2 Å². The van der Waals surface area contributed by atoms with E-state index >= 15 is 0 Å². The van der Waals surface area contributed by atoms with Gasteiger partial charge in [0, 0.05) is 29.3 Å². The van der Waals surface area contributed by atoms with Crippen LogP contribution < -0.4 is 0 Å². The van der Waals surface area contributed by atoms with Gasteiger partial charge in [-0.05, 0) is 55.1 Å². The topological polar surface area (TPSA) is 79.5 Å². The molecule has 2 aromatic heterocycles. The fourth-order valence-electron chi connectivity index (χ4n) is 2.78. The van der Waals surface area contributed by atoms with Gasteiger partial charge >= 0.3 is 0 Å². The molecule has 24 heavy (non-hydrogen) atoms. The number of aromatic nitrogens is 3. The molecular formula is C18H20N6. The first-order chi connectivity index (χ1) is 11.6. The van der Waals surface area contributed by atoms with E-state index in [2.05, 4.69) is 58.8 Å². The summed E-state index contributed by atoms with van der Waals surface area (Å²) >= 11 is 0. The van der Waals surface area contributed by atoms with Crippen molar-refractivity contribution in [2.75, 3.05) is 6.54 Å². The zero-order valence-corrected chi connectivity index (χ0v) is 14.2. The lowest BCUT2D eigenvalue weighted by Gasteiger charge is -2.09. The van der Waals surface area contributed by atoms with Crippen molar-refractivity contribution in [3.63, 3.8) is 0 Å². The molecule has 0 saturated heterocycles. The quantitative estimate of drug-likeness (QED) is 0.395. The van der Waals surface area contributed by atoms with Crippen molar-refractivity contribution in [3.8, 4) is 5.69 Å². The Kier molecular flexibility index (Phi) is 4.49.